The van der Waals surface area contributed by atoms with Crippen molar-refractivity contribution in [2.24, 2.45) is 5.92 Å². The Bertz CT molecular complexity index is 501. The van der Waals surface area contributed by atoms with Gasteiger partial charge in [-0.3, -0.25) is 0 Å². The van der Waals surface area contributed by atoms with Crippen molar-refractivity contribution in [2.75, 3.05) is 25.0 Å². The van der Waals surface area contributed by atoms with Crippen molar-refractivity contribution in [3.63, 3.8) is 0 Å². The molecule has 19 heavy (non-hydrogen) atoms. The largest absolute Gasteiger partial charge is 0.383 e. The zero-order valence-electron chi connectivity index (χ0n) is 11.0. The standard InChI is InChI=1S/C15H20N4/c1-2-7-15(19-10-4-9-18-19)14(6-1)17-12-13-5-3-8-16-11-13/h1-2,4,6-7,9-10,13,16-17H,3,5,8,11-12H2. The van der Waals surface area contributed by atoms with Crippen LogP contribution in [0.1, 0.15) is 12.8 Å². The van der Waals surface area contributed by atoms with E-state index in [-0.39, 0.29) is 0 Å². The molecule has 2 heterocycles. The van der Waals surface area contributed by atoms with Gasteiger partial charge in [-0.05, 0) is 50.0 Å². The SMILES string of the molecule is c1ccc(-n2cccn2)c(NCC2CCCNC2)c1. The summed E-state index contributed by atoms with van der Waals surface area (Å²) in [6.07, 6.45) is 6.38. The molecular formula is C15H20N4. The van der Waals surface area contributed by atoms with Gasteiger partial charge in [0.2, 0.25) is 0 Å². The molecule has 1 aromatic carbocycles. The number of piperidine rings is 1. The van der Waals surface area contributed by atoms with Crippen molar-refractivity contribution in [1.29, 1.82) is 0 Å². The Morgan fingerprint density at radius 3 is 3.05 bits per heavy atom. The highest BCUT2D eigenvalue weighted by Crippen LogP contribution is 2.20. The topological polar surface area (TPSA) is 41.9 Å². The molecule has 1 unspecified atom stereocenters. The van der Waals surface area contributed by atoms with Crippen LogP contribution < -0.4 is 10.6 Å². The summed E-state index contributed by atoms with van der Waals surface area (Å²) in [4.78, 5) is 0. The molecule has 1 aliphatic heterocycles. The van der Waals surface area contributed by atoms with Gasteiger partial charge in [0.05, 0.1) is 11.4 Å². The van der Waals surface area contributed by atoms with Gasteiger partial charge in [-0.15, -0.1) is 0 Å². The lowest BCUT2D eigenvalue weighted by Crippen LogP contribution is -2.33. The second-order valence-corrected chi connectivity index (χ2v) is 5.06. The van der Waals surface area contributed by atoms with E-state index in [1.807, 2.05) is 29.2 Å². The fraction of sp³-hybridized carbons (Fsp3) is 0.400. The van der Waals surface area contributed by atoms with Crippen LogP contribution in [0.5, 0.6) is 0 Å². The Morgan fingerprint density at radius 2 is 2.26 bits per heavy atom. The predicted molar refractivity (Wildman–Crippen MR) is 77.6 cm³/mol. The van der Waals surface area contributed by atoms with E-state index in [9.17, 15) is 0 Å². The number of rotatable bonds is 4. The molecule has 1 fully saturated rings. The Morgan fingerprint density at radius 1 is 1.32 bits per heavy atom. The van der Waals surface area contributed by atoms with E-state index in [1.165, 1.54) is 19.4 Å². The first-order valence-electron chi connectivity index (χ1n) is 6.97. The fourth-order valence-corrected chi connectivity index (χ4v) is 2.59. The van der Waals surface area contributed by atoms with E-state index in [0.29, 0.717) is 0 Å². The first kappa shape index (κ1) is 12.2. The van der Waals surface area contributed by atoms with E-state index in [1.54, 1.807) is 0 Å². The van der Waals surface area contributed by atoms with Crippen LogP contribution >= 0.6 is 0 Å². The summed E-state index contributed by atoms with van der Waals surface area (Å²) in [6, 6.07) is 10.3. The second-order valence-electron chi connectivity index (χ2n) is 5.06. The first-order valence-corrected chi connectivity index (χ1v) is 6.97. The minimum absolute atomic E-state index is 0.722. The number of para-hydroxylation sites is 2. The zero-order valence-corrected chi connectivity index (χ0v) is 11.0. The van der Waals surface area contributed by atoms with Crippen LogP contribution in [0, 0.1) is 5.92 Å². The van der Waals surface area contributed by atoms with E-state index in [4.69, 9.17) is 0 Å². The van der Waals surface area contributed by atoms with Crippen molar-refractivity contribution in [3.05, 3.63) is 42.7 Å². The molecule has 4 heteroatoms. The molecule has 100 valence electrons. The molecule has 3 rings (SSSR count). The molecule has 0 amide bonds. The quantitative estimate of drug-likeness (QED) is 0.882. The van der Waals surface area contributed by atoms with Gasteiger partial charge in [-0.2, -0.15) is 5.10 Å². The van der Waals surface area contributed by atoms with E-state index >= 15 is 0 Å². The Balaban J connectivity index is 1.70. The van der Waals surface area contributed by atoms with Crippen molar-refractivity contribution >= 4 is 5.69 Å². The fourth-order valence-electron chi connectivity index (χ4n) is 2.59. The summed E-state index contributed by atoms with van der Waals surface area (Å²) < 4.78 is 1.90. The number of benzene rings is 1. The molecular weight excluding hydrogens is 236 g/mol. The molecule has 1 aliphatic rings. The molecule has 2 aromatic rings. The Hall–Kier alpha value is -1.81. The van der Waals surface area contributed by atoms with Gasteiger partial charge in [0, 0.05) is 18.9 Å². The third-order valence-electron chi connectivity index (χ3n) is 3.64. The molecule has 2 N–H and O–H groups in total. The molecule has 0 bridgehead atoms. The molecule has 0 radical (unpaired) electrons. The number of hydrogen-bond donors (Lipinski definition) is 2. The second kappa shape index (κ2) is 5.89. The van der Waals surface area contributed by atoms with Crippen molar-refractivity contribution in [1.82, 2.24) is 15.1 Å². The predicted octanol–water partition coefficient (Wildman–Crippen LogP) is 2.28. The summed E-state index contributed by atoms with van der Waals surface area (Å²) in [5, 5.41) is 11.3. The lowest BCUT2D eigenvalue weighted by molar-refractivity contribution is 0.393. The molecule has 0 saturated carbocycles. The van der Waals surface area contributed by atoms with Gasteiger partial charge in [-0.25, -0.2) is 4.68 Å². The van der Waals surface area contributed by atoms with Gasteiger partial charge < -0.3 is 10.6 Å². The Kier molecular flexibility index (Phi) is 3.79. The lowest BCUT2D eigenvalue weighted by atomic mass is 9.99. The van der Waals surface area contributed by atoms with E-state index < -0.39 is 0 Å². The summed E-state index contributed by atoms with van der Waals surface area (Å²) in [5.41, 5.74) is 2.26. The Labute approximate surface area is 113 Å². The number of aromatic nitrogens is 2. The third-order valence-corrected chi connectivity index (χ3v) is 3.64. The van der Waals surface area contributed by atoms with Crippen LogP contribution in [-0.4, -0.2) is 29.4 Å². The van der Waals surface area contributed by atoms with E-state index in [2.05, 4.69) is 33.9 Å². The van der Waals surface area contributed by atoms with Crippen LogP contribution in [0.15, 0.2) is 42.7 Å². The summed E-state index contributed by atoms with van der Waals surface area (Å²) in [5.74, 6) is 0.722. The van der Waals surface area contributed by atoms with Crippen molar-refractivity contribution in [2.45, 2.75) is 12.8 Å². The molecule has 0 aliphatic carbocycles. The van der Waals surface area contributed by atoms with Crippen LogP contribution in [0.2, 0.25) is 0 Å². The number of hydrogen-bond acceptors (Lipinski definition) is 3. The maximum Gasteiger partial charge on any atom is 0.0876 e. The lowest BCUT2D eigenvalue weighted by Gasteiger charge is -2.24. The molecule has 1 saturated heterocycles. The number of nitrogens with one attached hydrogen (secondary N) is 2. The minimum Gasteiger partial charge on any atom is -0.383 e. The molecule has 0 spiro atoms. The van der Waals surface area contributed by atoms with E-state index in [0.717, 1.165) is 30.4 Å². The average Bonchev–Trinajstić information content (AvgIpc) is 3.01. The van der Waals surface area contributed by atoms with Gasteiger partial charge in [0.1, 0.15) is 0 Å². The van der Waals surface area contributed by atoms with Crippen molar-refractivity contribution < 1.29 is 0 Å². The van der Waals surface area contributed by atoms with Crippen LogP contribution in [-0.2, 0) is 0 Å². The van der Waals surface area contributed by atoms with Crippen LogP contribution in [0.4, 0.5) is 5.69 Å². The zero-order chi connectivity index (χ0) is 12.9. The number of anilines is 1. The van der Waals surface area contributed by atoms with Crippen molar-refractivity contribution in [3.8, 4) is 5.69 Å². The summed E-state index contributed by atoms with van der Waals surface area (Å²) in [6.45, 7) is 3.31. The van der Waals surface area contributed by atoms with Gasteiger partial charge in [0.15, 0.2) is 0 Å². The van der Waals surface area contributed by atoms with Gasteiger partial charge >= 0.3 is 0 Å². The molecule has 1 atom stereocenters. The minimum atomic E-state index is 0.722. The summed E-state index contributed by atoms with van der Waals surface area (Å²) >= 11 is 0. The normalized spacial score (nSPS) is 19.3. The number of nitrogens with zero attached hydrogens (tertiary/aromatic N) is 2. The highest BCUT2D eigenvalue weighted by atomic mass is 15.3. The smallest absolute Gasteiger partial charge is 0.0876 e. The summed E-state index contributed by atoms with van der Waals surface area (Å²) in [7, 11) is 0. The average molecular weight is 256 g/mol. The van der Waals surface area contributed by atoms with Crippen LogP contribution in [0.3, 0.4) is 0 Å². The molecule has 4 nitrogen and oxygen atoms in total. The maximum absolute atomic E-state index is 4.31. The molecule has 1 aromatic heterocycles. The van der Waals surface area contributed by atoms with Gasteiger partial charge in [0.25, 0.3) is 0 Å². The highest BCUT2D eigenvalue weighted by molar-refractivity contribution is 5.60. The monoisotopic (exact) mass is 256 g/mol. The highest BCUT2D eigenvalue weighted by Gasteiger charge is 2.13. The first-order chi connectivity index (χ1) is 9.43. The maximum atomic E-state index is 4.31. The third kappa shape index (κ3) is 2.96. The van der Waals surface area contributed by atoms with Gasteiger partial charge in [-0.1, -0.05) is 12.1 Å². The van der Waals surface area contributed by atoms with Crippen LogP contribution in [0.25, 0.3) is 5.69 Å².